The molecule has 0 heterocycles. The van der Waals surface area contributed by atoms with Gasteiger partial charge in [-0.25, -0.2) is 0 Å². The summed E-state index contributed by atoms with van der Waals surface area (Å²) in [4.78, 5) is 45.4. The molecule has 0 aromatic carbocycles. The number of hydrogen-bond acceptors (Lipinski definition) is 6. The molecular formula is C14H22O6. The van der Waals surface area contributed by atoms with Crippen LogP contribution in [0.4, 0.5) is 0 Å². The zero-order valence-corrected chi connectivity index (χ0v) is 12.9. The van der Waals surface area contributed by atoms with Gasteiger partial charge in [0.25, 0.3) is 0 Å². The average Bonchev–Trinajstić information content (AvgIpc) is 2.24. The minimum atomic E-state index is -1.33. The van der Waals surface area contributed by atoms with Gasteiger partial charge in [-0.1, -0.05) is 0 Å². The van der Waals surface area contributed by atoms with E-state index in [1.807, 2.05) is 0 Å². The van der Waals surface area contributed by atoms with Crippen molar-refractivity contribution in [1.82, 2.24) is 0 Å². The van der Waals surface area contributed by atoms with Crippen LogP contribution in [-0.4, -0.2) is 34.7 Å². The first kappa shape index (κ1) is 18.3. The van der Waals surface area contributed by atoms with Crippen LogP contribution >= 0.6 is 0 Å². The molecule has 6 nitrogen and oxygen atoms in total. The number of rotatable bonds is 7. The fourth-order valence-electron chi connectivity index (χ4n) is 1.71. The van der Waals surface area contributed by atoms with E-state index in [4.69, 9.17) is 9.47 Å². The Morgan fingerprint density at radius 1 is 0.700 bits per heavy atom. The van der Waals surface area contributed by atoms with Gasteiger partial charge in [0.15, 0.2) is 22.8 Å². The monoisotopic (exact) mass is 286 g/mol. The van der Waals surface area contributed by atoms with E-state index in [0.29, 0.717) is 0 Å². The molecule has 0 N–H and O–H groups in total. The molecule has 0 rings (SSSR count). The number of esters is 2. The predicted molar refractivity (Wildman–Crippen MR) is 70.9 cm³/mol. The van der Waals surface area contributed by atoms with Gasteiger partial charge in [-0.15, -0.1) is 0 Å². The smallest absolute Gasteiger partial charge is 0.303 e. The standard InChI is InChI=1S/C14H22O6/c1-9(15)13(5,19-11(3)17)7-8-14(6,10(2)16)20-12(4)18/h7-8H2,1-6H3/t13-,14-/m1/s1. The maximum Gasteiger partial charge on any atom is 0.303 e. The number of ketones is 2. The van der Waals surface area contributed by atoms with E-state index in [0.717, 1.165) is 0 Å². The number of Topliss-reactive ketones (excluding diaryl/α,β-unsaturated/α-hetero) is 2. The lowest BCUT2D eigenvalue weighted by Gasteiger charge is -2.32. The van der Waals surface area contributed by atoms with Gasteiger partial charge in [0.2, 0.25) is 0 Å². The molecule has 0 radical (unpaired) electrons. The largest absolute Gasteiger partial charge is 0.452 e. The lowest BCUT2D eigenvalue weighted by atomic mass is 9.87. The molecule has 0 unspecified atom stereocenters. The van der Waals surface area contributed by atoms with Crippen molar-refractivity contribution in [2.45, 2.75) is 65.6 Å². The highest BCUT2D eigenvalue weighted by atomic mass is 16.6. The molecule has 0 saturated carbocycles. The molecule has 114 valence electrons. The number of ether oxygens (including phenoxy) is 2. The van der Waals surface area contributed by atoms with Crippen LogP contribution in [0.5, 0.6) is 0 Å². The van der Waals surface area contributed by atoms with E-state index in [9.17, 15) is 19.2 Å². The van der Waals surface area contributed by atoms with Crippen molar-refractivity contribution in [2.75, 3.05) is 0 Å². The number of carbonyl (C=O) groups is 4. The van der Waals surface area contributed by atoms with E-state index in [1.54, 1.807) is 0 Å². The van der Waals surface area contributed by atoms with Gasteiger partial charge >= 0.3 is 11.9 Å². The normalized spacial score (nSPS) is 16.5. The van der Waals surface area contributed by atoms with Gasteiger partial charge < -0.3 is 9.47 Å². The van der Waals surface area contributed by atoms with Crippen LogP contribution in [-0.2, 0) is 28.7 Å². The van der Waals surface area contributed by atoms with Crippen molar-refractivity contribution in [3.05, 3.63) is 0 Å². The van der Waals surface area contributed by atoms with Crippen molar-refractivity contribution < 1.29 is 28.7 Å². The second kappa shape index (κ2) is 6.63. The highest BCUT2D eigenvalue weighted by Gasteiger charge is 2.40. The molecule has 0 aromatic heterocycles. The summed E-state index contributed by atoms with van der Waals surface area (Å²) in [7, 11) is 0. The first-order valence-electron chi connectivity index (χ1n) is 6.34. The lowest BCUT2D eigenvalue weighted by molar-refractivity contribution is -0.170. The van der Waals surface area contributed by atoms with Crippen molar-refractivity contribution >= 4 is 23.5 Å². The molecule has 0 bridgehead atoms. The minimum absolute atomic E-state index is 0.0886. The number of hydrogen-bond donors (Lipinski definition) is 0. The summed E-state index contributed by atoms with van der Waals surface area (Å²) in [6.45, 7) is 7.98. The summed E-state index contributed by atoms with van der Waals surface area (Å²) in [5.41, 5.74) is -2.66. The van der Waals surface area contributed by atoms with Crippen LogP contribution in [0.25, 0.3) is 0 Å². The molecule has 6 heteroatoms. The zero-order chi connectivity index (χ0) is 16.1. The number of carbonyl (C=O) groups excluding carboxylic acids is 4. The topological polar surface area (TPSA) is 86.7 Å². The van der Waals surface area contributed by atoms with Crippen molar-refractivity contribution in [1.29, 1.82) is 0 Å². The molecule has 0 spiro atoms. The summed E-state index contributed by atoms with van der Waals surface area (Å²) in [6.07, 6.45) is 0.177. The fourth-order valence-corrected chi connectivity index (χ4v) is 1.71. The predicted octanol–water partition coefficient (Wildman–Crippen LogP) is 1.59. The van der Waals surface area contributed by atoms with Crippen LogP contribution in [0.15, 0.2) is 0 Å². The van der Waals surface area contributed by atoms with Gasteiger partial charge in [0.05, 0.1) is 0 Å². The second-order valence-corrected chi connectivity index (χ2v) is 5.26. The Morgan fingerprint density at radius 2 is 0.950 bits per heavy atom. The molecule has 0 amide bonds. The zero-order valence-electron chi connectivity index (χ0n) is 12.9. The first-order chi connectivity index (χ1) is 8.93. The molecule has 0 saturated heterocycles. The summed E-state index contributed by atoms with van der Waals surface area (Å²) in [6, 6.07) is 0. The van der Waals surface area contributed by atoms with E-state index in [-0.39, 0.29) is 24.4 Å². The molecule has 0 aliphatic carbocycles. The SMILES string of the molecule is CC(=O)O[C@](C)(CC[C@@](C)(OC(C)=O)C(C)=O)C(C)=O. The fraction of sp³-hybridized carbons (Fsp3) is 0.714. The van der Waals surface area contributed by atoms with E-state index < -0.39 is 23.1 Å². The quantitative estimate of drug-likeness (QED) is 0.660. The molecule has 0 aromatic rings. The highest BCUT2D eigenvalue weighted by molar-refractivity contribution is 5.88. The van der Waals surface area contributed by atoms with Gasteiger partial charge in [-0.2, -0.15) is 0 Å². The summed E-state index contributed by atoms with van der Waals surface area (Å²) in [5, 5.41) is 0. The van der Waals surface area contributed by atoms with Gasteiger partial charge in [-0.3, -0.25) is 19.2 Å². The van der Waals surface area contributed by atoms with E-state index in [1.165, 1.54) is 41.5 Å². The van der Waals surface area contributed by atoms with E-state index in [2.05, 4.69) is 0 Å². The molecule has 0 aliphatic heterocycles. The highest BCUT2D eigenvalue weighted by Crippen LogP contribution is 2.27. The van der Waals surface area contributed by atoms with Crippen LogP contribution < -0.4 is 0 Å². The Bertz CT molecular complexity index is 387. The Morgan fingerprint density at radius 3 is 1.10 bits per heavy atom. The van der Waals surface area contributed by atoms with Crippen LogP contribution in [0.2, 0.25) is 0 Å². The van der Waals surface area contributed by atoms with Gasteiger partial charge in [0, 0.05) is 13.8 Å². The molecule has 0 fully saturated rings. The molecule has 2 atom stereocenters. The van der Waals surface area contributed by atoms with Crippen molar-refractivity contribution in [2.24, 2.45) is 0 Å². The van der Waals surface area contributed by atoms with Crippen molar-refractivity contribution in [3.8, 4) is 0 Å². The Hall–Kier alpha value is -1.72. The third-order valence-electron chi connectivity index (χ3n) is 3.31. The van der Waals surface area contributed by atoms with Crippen molar-refractivity contribution in [3.63, 3.8) is 0 Å². The molecule has 20 heavy (non-hydrogen) atoms. The third kappa shape index (κ3) is 5.11. The first-order valence-corrected chi connectivity index (χ1v) is 6.34. The average molecular weight is 286 g/mol. The third-order valence-corrected chi connectivity index (χ3v) is 3.31. The van der Waals surface area contributed by atoms with Crippen LogP contribution in [0.1, 0.15) is 54.4 Å². The maximum atomic E-state index is 11.6. The lowest BCUT2D eigenvalue weighted by Crippen LogP contribution is -2.44. The van der Waals surface area contributed by atoms with Crippen LogP contribution in [0, 0.1) is 0 Å². The minimum Gasteiger partial charge on any atom is -0.452 e. The van der Waals surface area contributed by atoms with Gasteiger partial charge in [0.1, 0.15) is 0 Å². The Labute approximate surface area is 118 Å². The molecule has 0 aliphatic rings. The summed E-state index contributed by atoms with van der Waals surface area (Å²) >= 11 is 0. The maximum absolute atomic E-state index is 11.6. The van der Waals surface area contributed by atoms with Crippen LogP contribution in [0.3, 0.4) is 0 Å². The summed E-state index contributed by atoms with van der Waals surface area (Å²) in [5.74, 6) is -1.83. The second-order valence-electron chi connectivity index (χ2n) is 5.26. The Balaban J connectivity index is 5.07. The Kier molecular flexibility index (Phi) is 6.06. The molecular weight excluding hydrogens is 264 g/mol. The van der Waals surface area contributed by atoms with Gasteiger partial charge in [-0.05, 0) is 40.5 Å². The van der Waals surface area contributed by atoms with E-state index >= 15 is 0 Å². The summed E-state index contributed by atoms with van der Waals surface area (Å²) < 4.78 is 10.1.